The van der Waals surface area contributed by atoms with Gasteiger partial charge in [0.05, 0.1) is 35.9 Å². The fourth-order valence-electron chi connectivity index (χ4n) is 6.82. The van der Waals surface area contributed by atoms with E-state index in [0.29, 0.717) is 0 Å². The minimum Gasteiger partial charge on any atom is -0.288 e. The first-order chi connectivity index (χ1) is 24.8. The van der Waals surface area contributed by atoms with E-state index in [1.807, 2.05) is 12.1 Å². The van der Waals surface area contributed by atoms with Gasteiger partial charge in [-0.3, -0.25) is 5.01 Å². The average Bonchev–Trinajstić information content (AvgIpc) is 3.19. The van der Waals surface area contributed by atoms with E-state index in [2.05, 4.69) is 168 Å². The molecule has 0 amide bonds. The van der Waals surface area contributed by atoms with Crippen molar-refractivity contribution in [3.8, 4) is 0 Å². The zero-order valence-corrected chi connectivity index (χ0v) is 28.6. The topological polar surface area (TPSA) is 31.2 Å². The van der Waals surface area contributed by atoms with Crippen molar-refractivity contribution < 1.29 is 0 Å². The van der Waals surface area contributed by atoms with Gasteiger partial charge in [0, 0.05) is 11.1 Å². The van der Waals surface area contributed by atoms with Gasteiger partial charge in [0.15, 0.2) is 0 Å². The number of para-hydroxylation sites is 2. The molecule has 2 aliphatic carbocycles. The third-order valence-electron chi connectivity index (χ3n) is 9.28. The van der Waals surface area contributed by atoms with E-state index < -0.39 is 0 Å². The summed E-state index contributed by atoms with van der Waals surface area (Å²) in [6.07, 6.45) is 6.72. The van der Waals surface area contributed by atoms with Crippen LogP contribution in [0.2, 0.25) is 0 Å². The normalized spacial score (nSPS) is 15.0. The number of hydrogen-bond acceptors (Lipinski definition) is 4. The van der Waals surface area contributed by atoms with Crippen LogP contribution in [0.1, 0.15) is 59.1 Å². The van der Waals surface area contributed by atoms with Gasteiger partial charge in [0.1, 0.15) is 0 Å². The molecule has 6 aromatic rings. The summed E-state index contributed by atoms with van der Waals surface area (Å²) in [4.78, 5) is 0. The van der Waals surface area contributed by atoms with E-state index in [0.717, 1.165) is 56.6 Å². The third kappa shape index (κ3) is 8.45. The Morgan fingerprint density at radius 1 is 0.380 bits per heavy atom. The highest BCUT2D eigenvalue weighted by molar-refractivity contribution is 6.03. The second-order valence-electron chi connectivity index (χ2n) is 12.9. The summed E-state index contributed by atoms with van der Waals surface area (Å²) in [5.74, 6) is 0. The minimum atomic E-state index is 0.821. The average molecular weight is 653 g/mol. The van der Waals surface area contributed by atoms with Crippen LogP contribution in [0.5, 0.6) is 0 Å². The van der Waals surface area contributed by atoms with Gasteiger partial charge in [0.25, 0.3) is 0 Å². The Balaban J connectivity index is 0.000000157. The lowest BCUT2D eigenvalue weighted by Crippen LogP contribution is -2.21. The predicted molar refractivity (Wildman–Crippen MR) is 209 cm³/mol. The highest BCUT2D eigenvalue weighted by Gasteiger charge is 2.18. The lowest BCUT2D eigenvalue weighted by Gasteiger charge is -2.24. The Kier molecular flexibility index (Phi) is 10.9. The van der Waals surface area contributed by atoms with Crippen LogP contribution in [-0.4, -0.2) is 16.4 Å². The van der Waals surface area contributed by atoms with Gasteiger partial charge in [-0.25, -0.2) is 5.01 Å². The van der Waals surface area contributed by atoms with E-state index in [1.165, 1.54) is 51.2 Å². The molecule has 4 heteroatoms. The molecule has 0 heterocycles. The van der Waals surface area contributed by atoms with Crippen molar-refractivity contribution >= 4 is 22.8 Å². The van der Waals surface area contributed by atoms with Crippen LogP contribution >= 0.6 is 0 Å². The molecule has 0 atom stereocenters. The molecule has 8 rings (SSSR count). The van der Waals surface area contributed by atoms with Gasteiger partial charge in [-0.2, -0.15) is 10.2 Å². The van der Waals surface area contributed by atoms with Gasteiger partial charge in [-0.05, 0) is 85.0 Å². The minimum absolute atomic E-state index is 0.821. The van der Waals surface area contributed by atoms with Crippen LogP contribution in [0.3, 0.4) is 0 Å². The van der Waals surface area contributed by atoms with Gasteiger partial charge >= 0.3 is 0 Å². The molecule has 0 fully saturated rings. The van der Waals surface area contributed by atoms with Crippen molar-refractivity contribution in [2.45, 2.75) is 51.6 Å². The molecule has 50 heavy (non-hydrogen) atoms. The first-order valence-corrected chi connectivity index (χ1v) is 17.8. The quantitative estimate of drug-likeness (QED) is 0.153. The largest absolute Gasteiger partial charge is 0.288 e. The molecular formula is C46H44N4. The summed E-state index contributed by atoms with van der Waals surface area (Å²) < 4.78 is 0. The van der Waals surface area contributed by atoms with Gasteiger partial charge < -0.3 is 0 Å². The van der Waals surface area contributed by atoms with Crippen LogP contribution in [0.15, 0.2) is 180 Å². The maximum atomic E-state index is 5.12. The molecule has 0 unspecified atom stereocenters. The summed E-state index contributed by atoms with van der Waals surface area (Å²) in [7, 11) is 0. The molecule has 0 bridgehead atoms. The van der Waals surface area contributed by atoms with Crippen molar-refractivity contribution in [3.05, 3.63) is 203 Å². The second kappa shape index (κ2) is 16.6. The monoisotopic (exact) mass is 652 g/mol. The Morgan fingerprint density at radius 2 is 0.760 bits per heavy atom. The maximum Gasteiger partial charge on any atom is 0.0689 e. The van der Waals surface area contributed by atoms with E-state index in [4.69, 9.17) is 10.2 Å². The number of nitrogens with zero attached hydrogens (tertiary/aromatic N) is 4. The maximum absolute atomic E-state index is 5.12. The summed E-state index contributed by atoms with van der Waals surface area (Å²) in [6, 6.07) is 59.3. The van der Waals surface area contributed by atoms with Crippen LogP contribution in [0.4, 0.5) is 11.4 Å². The molecule has 0 saturated heterocycles. The van der Waals surface area contributed by atoms with Crippen molar-refractivity contribution in [2.24, 2.45) is 10.2 Å². The van der Waals surface area contributed by atoms with Crippen LogP contribution < -0.4 is 5.01 Å². The van der Waals surface area contributed by atoms with Gasteiger partial charge in [-0.15, -0.1) is 0 Å². The zero-order valence-electron chi connectivity index (χ0n) is 28.6. The Labute approximate surface area is 297 Å². The van der Waals surface area contributed by atoms with E-state index in [-0.39, 0.29) is 0 Å². The molecule has 0 saturated carbocycles. The van der Waals surface area contributed by atoms with Crippen molar-refractivity contribution in [1.29, 1.82) is 0 Å². The first-order valence-electron chi connectivity index (χ1n) is 17.8. The summed E-state index contributed by atoms with van der Waals surface area (Å²) in [5.41, 5.74) is 12.6. The smallest absolute Gasteiger partial charge is 0.0689 e. The fraction of sp³-hybridized carbons (Fsp3) is 0.174. The highest BCUT2D eigenvalue weighted by atomic mass is 15.5. The molecule has 248 valence electrons. The zero-order chi connectivity index (χ0) is 33.8. The number of hydrazone groups is 2. The summed E-state index contributed by atoms with van der Waals surface area (Å²) in [6.45, 7) is 1.64. The van der Waals surface area contributed by atoms with Crippen molar-refractivity contribution in [2.75, 3.05) is 5.01 Å². The molecule has 0 aliphatic heterocycles. The van der Waals surface area contributed by atoms with E-state index >= 15 is 0 Å². The molecule has 0 aromatic heterocycles. The first kappa shape index (κ1) is 32.8. The molecule has 2 aliphatic rings. The fourth-order valence-corrected chi connectivity index (χ4v) is 6.82. The molecule has 6 aromatic carbocycles. The number of benzene rings is 6. The lowest BCUT2D eigenvalue weighted by atomic mass is 9.90. The molecule has 0 radical (unpaired) electrons. The summed E-state index contributed by atoms with van der Waals surface area (Å²) >= 11 is 0. The number of hydrogen-bond donors (Lipinski definition) is 0. The molecular weight excluding hydrogens is 609 g/mol. The van der Waals surface area contributed by atoms with Crippen LogP contribution in [0.25, 0.3) is 0 Å². The summed E-state index contributed by atoms with van der Waals surface area (Å²) in [5, 5.41) is 14.4. The number of anilines is 2. The van der Waals surface area contributed by atoms with Crippen LogP contribution in [-0.2, 0) is 25.9 Å². The molecule has 0 spiro atoms. The number of fused-ring (bicyclic) bond motifs is 2. The van der Waals surface area contributed by atoms with Crippen LogP contribution in [0, 0.1) is 0 Å². The predicted octanol–water partition coefficient (Wildman–Crippen LogP) is 11.0. The number of rotatable bonds is 8. The Hall–Kier alpha value is -5.74. The third-order valence-corrected chi connectivity index (χ3v) is 9.28. The van der Waals surface area contributed by atoms with E-state index in [9.17, 15) is 0 Å². The second-order valence-corrected chi connectivity index (χ2v) is 12.9. The van der Waals surface area contributed by atoms with Gasteiger partial charge in [-0.1, -0.05) is 146 Å². The molecule has 4 nitrogen and oxygen atoms in total. The molecule has 0 N–H and O–H groups in total. The lowest BCUT2D eigenvalue weighted by molar-refractivity contribution is 0.270. The van der Waals surface area contributed by atoms with Crippen molar-refractivity contribution in [1.82, 2.24) is 5.01 Å². The highest BCUT2D eigenvalue weighted by Crippen LogP contribution is 2.29. The number of aryl methyl sites for hydroxylation is 2. The van der Waals surface area contributed by atoms with E-state index in [1.54, 1.807) is 0 Å². The standard InChI is InChI=1S/C24H24N2.C22H20N2/c1-3-10-20(11-4-1)18-26(19-21-12-5-2-6-13-21)25-24-17-9-15-22-14-7-8-16-23(22)24;1-3-12-19(13-4-1)24(20-14-5-2-6-15-20)23-22-17-9-11-18-10-7-8-16-21(18)22/h1-8,10-14,16H,9,15,17-19H2;1-8,10,12-16H,9,11,17H2/b25-24+;23-22-. The Morgan fingerprint density at radius 3 is 1.22 bits per heavy atom. The SMILES string of the molecule is c1ccc(CN(Cc2ccccc2)/N=C2\CCCc3ccccc32)cc1.c1ccc(N(/N=C2/CCCc3ccccc32)c2ccccc2)cc1. The van der Waals surface area contributed by atoms with Crippen molar-refractivity contribution in [3.63, 3.8) is 0 Å². The van der Waals surface area contributed by atoms with Gasteiger partial charge in [0.2, 0.25) is 0 Å². The Bertz CT molecular complexity index is 1920.